The first-order valence-electron chi connectivity index (χ1n) is 6.55. The lowest BCUT2D eigenvalue weighted by Gasteiger charge is -2.17. The minimum absolute atomic E-state index is 0.0642. The van der Waals surface area contributed by atoms with Gasteiger partial charge in [-0.3, -0.25) is 0 Å². The fourth-order valence-electron chi connectivity index (χ4n) is 1.88. The number of benzene rings is 2. The van der Waals surface area contributed by atoms with Crippen LogP contribution in [0, 0.1) is 12.7 Å². The molecule has 0 aliphatic carbocycles. The summed E-state index contributed by atoms with van der Waals surface area (Å²) < 4.78 is 13.1. The summed E-state index contributed by atoms with van der Waals surface area (Å²) in [6.07, 6.45) is 0. The SMILES string of the molecule is Cc1ccc([C@@H](C)NC(=S)Nc2ccc(F)c(Cl)c2)cc1. The molecule has 110 valence electrons. The molecule has 0 saturated carbocycles. The van der Waals surface area contributed by atoms with Crippen molar-refractivity contribution in [2.24, 2.45) is 0 Å². The van der Waals surface area contributed by atoms with Crippen LogP contribution in [0.25, 0.3) is 0 Å². The molecule has 2 aromatic carbocycles. The van der Waals surface area contributed by atoms with E-state index in [2.05, 4.69) is 34.9 Å². The van der Waals surface area contributed by atoms with Gasteiger partial charge < -0.3 is 10.6 Å². The summed E-state index contributed by atoms with van der Waals surface area (Å²) in [5.41, 5.74) is 3.00. The number of hydrogen-bond acceptors (Lipinski definition) is 1. The van der Waals surface area contributed by atoms with Crippen molar-refractivity contribution in [1.82, 2.24) is 5.32 Å². The standard InChI is InChI=1S/C16H16ClFN2S/c1-10-3-5-12(6-4-10)11(2)19-16(21)20-13-7-8-15(18)14(17)9-13/h3-9,11H,1-2H3,(H2,19,20,21)/t11-/m1/s1. The van der Waals surface area contributed by atoms with E-state index in [1.165, 1.54) is 17.7 Å². The smallest absolute Gasteiger partial charge is 0.171 e. The van der Waals surface area contributed by atoms with E-state index in [9.17, 15) is 4.39 Å². The molecule has 0 spiro atoms. The highest BCUT2D eigenvalue weighted by Crippen LogP contribution is 2.19. The zero-order chi connectivity index (χ0) is 15.4. The van der Waals surface area contributed by atoms with Crippen LogP contribution in [0.1, 0.15) is 24.1 Å². The number of anilines is 1. The summed E-state index contributed by atoms with van der Waals surface area (Å²) in [4.78, 5) is 0. The highest BCUT2D eigenvalue weighted by Gasteiger charge is 2.08. The van der Waals surface area contributed by atoms with E-state index in [-0.39, 0.29) is 11.1 Å². The molecule has 0 saturated heterocycles. The van der Waals surface area contributed by atoms with Gasteiger partial charge in [-0.2, -0.15) is 0 Å². The van der Waals surface area contributed by atoms with Gasteiger partial charge in [0.15, 0.2) is 5.11 Å². The minimum Gasteiger partial charge on any atom is -0.356 e. The molecule has 2 rings (SSSR count). The van der Waals surface area contributed by atoms with Gasteiger partial charge in [0.2, 0.25) is 0 Å². The number of aryl methyl sites for hydroxylation is 1. The first-order valence-corrected chi connectivity index (χ1v) is 7.33. The van der Waals surface area contributed by atoms with Crippen LogP contribution in [0.2, 0.25) is 5.02 Å². The number of nitrogens with one attached hydrogen (secondary N) is 2. The van der Waals surface area contributed by atoms with Gasteiger partial charge in [0, 0.05) is 5.69 Å². The lowest BCUT2D eigenvalue weighted by atomic mass is 10.1. The molecule has 0 fully saturated rings. The summed E-state index contributed by atoms with van der Waals surface area (Å²) in [5.74, 6) is -0.450. The van der Waals surface area contributed by atoms with Crippen LogP contribution >= 0.6 is 23.8 Å². The van der Waals surface area contributed by atoms with Gasteiger partial charge >= 0.3 is 0 Å². The molecule has 0 aliphatic heterocycles. The van der Waals surface area contributed by atoms with Crippen molar-refractivity contribution < 1.29 is 4.39 Å². The normalized spacial score (nSPS) is 11.8. The maximum Gasteiger partial charge on any atom is 0.171 e. The summed E-state index contributed by atoms with van der Waals surface area (Å²) in [7, 11) is 0. The van der Waals surface area contributed by atoms with Crippen LogP contribution in [0.3, 0.4) is 0 Å². The Bertz CT molecular complexity index is 643. The van der Waals surface area contributed by atoms with E-state index in [1.54, 1.807) is 6.07 Å². The lowest BCUT2D eigenvalue weighted by molar-refractivity contribution is 0.628. The van der Waals surface area contributed by atoms with Gasteiger partial charge in [0.05, 0.1) is 11.1 Å². The third kappa shape index (κ3) is 4.41. The maximum atomic E-state index is 13.1. The average Bonchev–Trinajstić information content (AvgIpc) is 2.43. The fourth-order valence-corrected chi connectivity index (χ4v) is 2.35. The molecule has 0 aromatic heterocycles. The molecule has 0 heterocycles. The highest BCUT2D eigenvalue weighted by molar-refractivity contribution is 7.80. The second kappa shape index (κ2) is 6.87. The second-order valence-corrected chi connectivity index (χ2v) is 5.68. The summed E-state index contributed by atoms with van der Waals surface area (Å²) in [6.45, 7) is 4.07. The molecule has 0 unspecified atom stereocenters. The second-order valence-electron chi connectivity index (χ2n) is 4.86. The Balaban J connectivity index is 1.97. The molecule has 1 atom stereocenters. The zero-order valence-corrected chi connectivity index (χ0v) is 13.4. The molecule has 0 bridgehead atoms. The zero-order valence-electron chi connectivity index (χ0n) is 11.8. The number of hydrogen-bond donors (Lipinski definition) is 2. The van der Waals surface area contributed by atoms with E-state index in [0.29, 0.717) is 10.8 Å². The van der Waals surface area contributed by atoms with E-state index in [1.807, 2.05) is 13.8 Å². The van der Waals surface area contributed by atoms with Crippen molar-refractivity contribution in [1.29, 1.82) is 0 Å². The Morgan fingerprint density at radius 3 is 2.48 bits per heavy atom. The van der Waals surface area contributed by atoms with Crippen molar-refractivity contribution >= 4 is 34.6 Å². The van der Waals surface area contributed by atoms with E-state index in [4.69, 9.17) is 23.8 Å². The number of thiocarbonyl (C=S) groups is 1. The van der Waals surface area contributed by atoms with Crippen molar-refractivity contribution in [2.45, 2.75) is 19.9 Å². The summed E-state index contributed by atoms with van der Waals surface area (Å²) in [5, 5.41) is 6.70. The Kier molecular flexibility index (Phi) is 5.15. The monoisotopic (exact) mass is 322 g/mol. The molecular formula is C16H16ClFN2S. The third-order valence-corrected chi connectivity index (χ3v) is 3.61. The van der Waals surface area contributed by atoms with E-state index >= 15 is 0 Å². The molecular weight excluding hydrogens is 307 g/mol. The third-order valence-electron chi connectivity index (χ3n) is 3.10. The van der Waals surface area contributed by atoms with Crippen molar-refractivity contribution in [2.75, 3.05) is 5.32 Å². The van der Waals surface area contributed by atoms with E-state index < -0.39 is 5.82 Å². The van der Waals surface area contributed by atoms with Gasteiger partial charge in [0.1, 0.15) is 5.82 Å². The highest BCUT2D eigenvalue weighted by atomic mass is 35.5. The predicted molar refractivity (Wildman–Crippen MR) is 90.4 cm³/mol. The minimum atomic E-state index is -0.450. The molecule has 2 aromatic rings. The Morgan fingerprint density at radius 1 is 1.19 bits per heavy atom. The summed E-state index contributed by atoms with van der Waals surface area (Å²) in [6, 6.07) is 12.7. The predicted octanol–water partition coefficient (Wildman–Crippen LogP) is 4.84. The Labute approximate surface area is 134 Å². The van der Waals surface area contributed by atoms with Crippen LogP contribution in [-0.2, 0) is 0 Å². The molecule has 0 amide bonds. The van der Waals surface area contributed by atoms with Gasteiger partial charge in [-0.15, -0.1) is 0 Å². The number of halogens is 2. The Morgan fingerprint density at radius 2 is 1.86 bits per heavy atom. The van der Waals surface area contributed by atoms with Crippen LogP contribution in [0.15, 0.2) is 42.5 Å². The lowest BCUT2D eigenvalue weighted by Crippen LogP contribution is -2.30. The topological polar surface area (TPSA) is 24.1 Å². The molecule has 2 nitrogen and oxygen atoms in total. The van der Waals surface area contributed by atoms with Crippen LogP contribution in [0.5, 0.6) is 0 Å². The van der Waals surface area contributed by atoms with Crippen molar-refractivity contribution in [3.63, 3.8) is 0 Å². The molecule has 21 heavy (non-hydrogen) atoms. The summed E-state index contributed by atoms with van der Waals surface area (Å²) >= 11 is 11.0. The van der Waals surface area contributed by atoms with Crippen molar-refractivity contribution in [3.8, 4) is 0 Å². The van der Waals surface area contributed by atoms with Gasteiger partial charge in [-0.05, 0) is 49.8 Å². The first-order chi connectivity index (χ1) is 9.95. The van der Waals surface area contributed by atoms with E-state index in [0.717, 1.165) is 5.56 Å². The van der Waals surface area contributed by atoms with Crippen LogP contribution < -0.4 is 10.6 Å². The molecule has 0 radical (unpaired) electrons. The number of rotatable bonds is 3. The van der Waals surface area contributed by atoms with Gasteiger partial charge in [-0.1, -0.05) is 41.4 Å². The average molecular weight is 323 g/mol. The molecule has 5 heteroatoms. The molecule has 2 N–H and O–H groups in total. The Hall–Kier alpha value is -1.65. The maximum absolute atomic E-state index is 13.1. The van der Waals surface area contributed by atoms with Crippen LogP contribution in [0.4, 0.5) is 10.1 Å². The fraction of sp³-hybridized carbons (Fsp3) is 0.188. The largest absolute Gasteiger partial charge is 0.356 e. The molecule has 0 aliphatic rings. The van der Waals surface area contributed by atoms with Crippen molar-refractivity contribution in [3.05, 3.63) is 64.4 Å². The van der Waals surface area contributed by atoms with Gasteiger partial charge in [0.25, 0.3) is 0 Å². The van der Waals surface area contributed by atoms with Crippen LogP contribution in [-0.4, -0.2) is 5.11 Å². The van der Waals surface area contributed by atoms with Gasteiger partial charge in [-0.25, -0.2) is 4.39 Å². The quantitative estimate of drug-likeness (QED) is 0.791. The first kappa shape index (κ1) is 15.7.